The van der Waals surface area contributed by atoms with Gasteiger partial charge < -0.3 is 9.73 Å². The number of benzene rings is 3. The van der Waals surface area contributed by atoms with Gasteiger partial charge in [0, 0.05) is 11.3 Å². The maximum Gasteiger partial charge on any atom is 0.416 e. The van der Waals surface area contributed by atoms with Gasteiger partial charge in [-0.1, -0.05) is 54.6 Å². The molecule has 4 rings (SSSR count). The number of rotatable bonds is 4. The summed E-state index contributed by atoms with van der Waals surface area (Å²) in [5.41, 5.74) is 2.12. The van der Waals surface area contributed by atoms with Gasteiger partial charge in [-0.3, -0.25) is 4.79 Å². The molecule has 150 valence electrons. The molecule has 0 saturated carbocycles. The maximum atomic E-state index is 12.9. The largest absolute Gasteiger partial charge is 0.451 e. The fraction of sp³-hybridized carbons (Fsp3) is 0.0417. The molecule has 0 saturated heterocycles. The number of hydrogen-bond acceptors (Lipinski definition) is 2. The summed E-state index contributed by atoms with van der Waals surface area (Å²) in [4.78, 5) is 12.5. The molecule has 0 aliphatic carbocycles. The second kappa shape index (κ2) is 7.91. The molecule has 1 aromatic heterocycles. The van der Waals surface area contributed by atoms with Crippen molar-refractivity contribution < 1.29 is 22.4 Å². The lowest BCUT2D eigenvalue weighted by atomic mass is 10.1. The van der Waals surface area contributed by atoms with Gasteiger partial charge in [0.1, 0.15) is 5.76 Å². The molecule has 1 amide bonds. The molecule has 0 fully saturated rings. The van der Waals surface area contributed by atoms with E-state index in [0.29, 0.717) is 5.69 Å². The number of alkyl halides is 3. The molecule has 0 aliphatic heterocycles. The quantitative estimate of drug-likeness (QED) is 0.400. The third-order valence-corrected chi connectivity index (χ3v) is 4.55. The van der Waals surface area contributed by atoms with E-state index in [9.17, 15) is 18.0 Å². The Morgan fingerprint density at radius 2 is 1.40 bits per heavy atom. The summed E-state index contributed by atoms with van der Waals surface area (Å²) in [6, 6.07) is 24.8. The molecule has 0 radical (unpaired) electrons. The van der Waals surface area contributed by atoms with Gasteiger partial charge in [0.2, 0.25) is 0 Å². The Balaban J connectivity index is 1.48. The van der Waals surface area contributed by atoms with Crippen LogP contribution in [0.1, 0.15) is 16.1 Å². The maximum absolute atomic E-state index is 12.9. The van der Waals surface area contributed by atoms with E-state index < -0.39 is 17.6 Å². The number of nitrogens with one attached hydrogen (secondary N) is 1. The molecule has 3 nitrogen and oxygen atoms in total. The molecule has 4 aromatic rings. The summed E-state index contributed by atoms with van der Waals surface area (Å²) in [6.07, 6.45) is -4.45. The van der Waals surface area contributed by atoms with E-state index in [1.54, 1.807) is 12.1 Å². The highest BCUT2D eigenvalue weighted by Crippen LogP contribution is 2.32. The minimum Gasteiger partial charge on any atom is -0.451 e. The number of carbonyl (C=O) groups excluding carboxylic acids is 1. The van der Waals surface area contributed by atoms with Gasteiger partial charge >= 0.3 is 6.18 Å². The van der Waals surface area contributed by atoms with Gasteiger partial charge in [-0.25, -0.2) is 0 Å². The van der Waals surface area contributed by atoms with Crippen LogP contribution in [0.15, 0.2) is 95.4 Å². The van der Waals surface area contributed by atoms with Crippen LogP contribution in [0.5, 0.6) is 0 Å². The molecule has 3 aromatic carbocycles. The summed E-state index contributed by atoms with van der Waals surface area (Å²) >= 11 is 0. The average Bonchev–Trinajstić information content (AvgIpc) is 3.25. The zero-order valence-corrected chi connectivity index (χ0v) is 15.6. The first-order valence-corrected chi connectivity index (χ1v) is 9.14. The molecule has 0 bridgehead atoms. The predicted octanol–water partition coefficient (Wildman–Crippen LogP) is 6.88. The summed E-state index contributed by atoms with van der Waals surface area (Å²) in [5.74, 6) is -0.291. The van der Waals surface area contributed by atoms with Crippen LogP contribution >= 0.6 is 0 Å². The lowest BCUT2D eigenvalue weighted by molar-refractivity contribution is -0.137. The number of amides is 1. The van der Waals surface area contributed by atoms with E-state index in [4.69, 9.17) is 4.42 Å². The number of anilines is 1. The van der Waals surface area contributed by atoms with Gasteiger partial charge in [-0.05, 0) is 47.5 Å². The highest BCUT2D eigenvalue weighted by atomic mass is 19.4. The van der Waals surface area contributed by atoms with Crippen LogP contribution in [0.3, 0.4) is 0 Å². The summed E-state index contributed by atoms with van der Waals surface area (Å²) < 4.78 is 44.2. The number of furan rings is 1. The van der Waals surface area contributed by atoms with Crippen molar-refractivity contribution in [2.45, 2.75) is 6.18 Å². The van der Waals surface area contributed by atoms with Crippen LogP contribution in [-0.2, 0) is 6.18 Å². The Labute approximate surface area is 170 Å². The molecule has 30 heavy (non-hydrogen) atoms. The third kappa shape index (κ3) is 4.27. The molecule has 0 unspecified atom stereocenters. The molecule has 1 N–H and O–H groups in total. The molecule has 0 spiro atoms. The van der Waals surface area contributed by atoms with Crippen LogP contribution in [0, 0.1) is 0 Å². The van der Waals surface area contributed by atoms with Crippen molar-refractivity contribution in [3.05, 3.63) is 102 Å². The van der Waals surface area contributed by atoms with E-state index >= 15 is 0 Å². The minimum atomic E-state index is -4.45. The standard InChI is InChI=1S/C24H16F3NO2/c25-24(26,27)19-8-4-7-18(15-19)21-13-14-22(30-21)23(29)28-20-11-9-17(10-12-20)16-5-2-1-3-6-16/h1-15H,(H,28,29). The van der Waals surface area contributed by atoms with E-state index in [2.05, 4.69) is 5.32 Å². The van der Waals surface area contributed by atoms with Gasteiger partial charge in [0.25, 0.3) is 5.91 Å². The Morgan fingerprint density at radius 3 is 2.10 bits per heavy atom. The lowest BCUT2D eigenvalue weighted by Gasteiger charge is -2.07. The fourth-order valence-corrected chi connectivity index (χ4v) is 3.03. The zero-order valence-electron chi connectivity index (χ0n) is 15.6. The molecule has 6 heteroatoms. The first-order chi connectivity index (χ1) is 14.4. The SMILES string of the molecule is O=C(Nc1ccc(-c2ccccc2)cc1)c1ccc(-c2cccc(C(F)(F)F)c2)o1. The van der Waals surface area contributed by atoms with Crippen molar-refractivity contribution in [3.8, 4) is 22.5 Å². The van der Waals surface area contributed by atoms with Crippen molar-refractivity contribution in [3.63, 3.8) is 0 Å². The van der Waals surface area contributed by atoms with Gasteiger partial charge in [0.05, 0.1) is 5.56 Å². The van der Waals surface area contributed by atoms with Crippen molar-refractivity contribution in [2.24, 2.45) is 0 Å². The number of hydrogen-bond donors (Lipinski definition) is 1. The first kappa shape index (κ1) is 19.5. The van der Waals surface area contributed by atoms with Crippen LogP contribution in [0.2, 0.25) is 0 Å². The van der Waals surface area contributed by atoms with Crippen LogP contribution in [0.4, 0.5) is 18.9 Å². The highest BCUT2D eigenvalue weighted by Gasteiger charge is 2.30. The molecule has 1 heterocycles. The number of halogens is 3. The monoisotopic (exact) mass is 407 g/mol. The second-order valence-electron chi connectivity index (χ2n) is 6.64. The van der Waals surface area contributed by atoms with E-state index in [1.165, 1.54) is 24.3 Å². The van der Waals surface area contributed by atoms with Crippen LogP contribution in [0.25, 0.3) is 22.5 Å². The summed E-state index contributed by atoms with van der Waals surface area (Å²) in [7, 11) is 0. The second-order valence-corrected chi connectivity index (χ2v) is 6.64. The van der Waals surface area contributed by atoms with Crippen LogP contribution < -0.4 is 5.32 Å². The highest BCUT2D eigenvalue weighted by molar-refractivity contribution is 6.02. The predicted molar refractivity (Wildman–Crippen MR) is 109 cm³/mol. The van der Waals surface area contributed by atoms with Crippen molar-refractivity contribution >= 4 is 11.6 Å². The van der Waals surface area contributed by atoms with E-state index in [1.807, 2.05) is 42.5 Å². The first-order valence-electron chi connectivity index (χ1n) is 9.14. The molecular weight excluding hydrogens is 391 g/mol. The third-order valence-electron chi connectivity index (χ3n) is 4.55. The fourth-order valence-electron chi connectivity index (χ4n) is 3.03. The minimum absolute atomic E-state index is 0.00884. The Bertz CT molecular complexity index is 1160. The molecular formula is C24H16F3NO2. The Kier molecular flexibility index (Phi) is 5.14. The van der Waals surface area contributed by atoms with Crippen molar-refractivity contribution in [1.29, 1.82) is 0 Å². The zero-order chi connectivity index (χ0) is 21.1. The smallest absolute Gasteiger partial charge is 0.416 e. The topological polar surface area (TPSA) is 42.2 Å². The normalized spacial score (nSPS) is 11.3. The lowest BCUT2D eigenvalue weighted by Crippen LogP contribution is -2.10. The van der Waals surface area contributed by atoms with E-state index in [-0.39, 0.29) is 17.1 Å². The van der Waals surface area contributed by atoms with Gasteiger partial charge in [-0.2, -0.15) is 13.2 Å². The Hall–Kier alpha value is -3.80. The van der Waals surface area contributed by atoms with Gasteiger partial charge in [-0.15, -0.1) is 0 Å². The van der Waals surface area contributed by atoms with Gasteiger partial charge in [0.15, 0.2) is 5.76 Å². The number of carbonyl (C=O) groups is 1. The average molecular weight is 407 g/mol. The molecule has 0 atom stereocenters. The van der Waals surface area contributed by atoms with Crippen molar-refractivity contribution in [1.82, 2.24) is 0 Å². The summed E-state index contributed by atoms with van der Waals surface area (Å²) in [5, 5.41) is 2.72. The Morgan fingerprint density at radius 1 is 0.733 bits per heavy atom. The molecule has 0 aliphatic rings. The van der Waals surface area contributed by atoms with E-state index in [0.717, 1.165) is 23.3 Å². The van der Waals surface area contributed by atoms with Crippen LogP contribution in [-0.4, -0.2) is 5.91 Å². The van der Waals surface area contributed by atoms with Crippen molar-refractivity contribution in [2.75, 3.05) is 5.32 Å². The summed E-state index contributed by atoms with van der Waals surface area (Å²) in [6.45, 7) is 0.